The fraction of sp³-hybridized carbons (Fsp3) is 0.389. The second kappa shape index (κ2) is 6.33. The molecule has 4 rings (SSSR count). The standard InChI is InChI=1S/C18H19N3O4/c1-20-15-8-21(7-14(17(20)22)9-24-10-15)18(23)13-4-2-12(3-5-13)16-6-19-11-25-16/h2-6,11,14-15H,7-10H2,1H3/t14-,15+/m1/s1. The van der Waals surface area contributed by atoms with Crippen molar-refractivity contribution >= 4 is 11.8 Å². The zero-order valence-corrected chi connectivity index (χ0v) is 13.9. The minimum Gasteiger partial charge on any atom is -0.444 e. The van der Waals surface area contributed by atoms with Gasteiger partial charge in [-0.25, -0.2) is 4.98 Å². The van der Waals surface area contributed by atoms with Crippen molar-refractivity contribution in [2.45, 2.75) is 6.04 Å². The van der Waals surface area contributed by atoms with Crippen molar-refractivity contribution in [2.75, 3.05) is 33.4 Å². The molecule has 2 fully saturated rings. The van der Waals surface area contributed by atoms with Crippen molar-refractivity contribution in [3.05, 3.63) is 42.4 Å². The average molecular weight is 341 g/mol. The van der Waals surface area contributed by atoms with Gasteiger partial charge >= 0.3 is 0 Å². The number of nitrogens with zero attached hydrogens (tertiary/aromatic N) is 3. The maximum Gasteiger partial charge on any atom is 0.253 e. The predicted molar refractivity (Wildman–Crippen MR) is 88.7 cm³/mol. The van der Waals surface area contributed by atoms with E-state index >= 15 is 0 Å². The Morgan fingerprint density at radius 1 is 1.20 bits per heavy atom. The highest BCUT2D eigenvalue weighted by Gasteiger charge is 2.38. The molecule has 2 saturated heterocycles. The van der Waals surface area contributed by atoms with Gasteiger partial charge in [-0.15, -0.1) is 0 Å². The van der Waals surface area contributed by atoms with Crippen molar-refractivity contribution < 1.29 is 18.7 Å². The van der Waals surface area contributed by atoms with Crippen LogP contribution in [0.4, 0.5) is 0 Å². The number of likely N-dealkylation sites (N-methyl/N-ethyl adjacent to an activating group) is 1. The molecule has 3 heterocycles. The summed E-state index contributed by atoms with van der Waals surface area (Å²) in [5, 5.41) is 0. The quantitative estimate of drug-likeness (QED) is 0.822. The maximum atomic E-state index is 12.9. The largest absolute Gasteiger partial charge is 0.444 e. The van der Waals surface area contributed by atoms with Crippen LogP contribution in [-0.2, 0) is 9.53 Å². The van der Waals surface area contributed by atoms with Crippen LogP contribution in [0.1, 0.15) is 10.4 Å². The van der Waals surface area contributed by atoms with Crippen molar-refractivity contribution in [3.63, 3.8) is 0 Å². The molecule has 0 saturated carbocycles. The summed E-state index contributed by atoms with van der Waals surface area (Å²) in [5.74, 6) is 0.352. The van der Waals surface area contributed by atoms with Crippen LogP contribution in [0, 0.1) is 5.92 Å². The summed E-state index contributed by atoms with van der Waals surface area (Å²) in [6.07, 6.45) is 3.01. The molecule has 2 bridgehead atoms. The fourth-order valence-electron chi connectivity index (χ4n) is 3.38. The lowest BCUT2D eigenvalue weighted by molar-refractivity contribution is -0.133. The van der Waals surface area contributed by atoms with Crippen molar-refractivity contribution in [1.82, 2.24) is 14.8 Å². The summed E-state index contributed by atoms with van der Waals surface area (Å²) in [6, 6.07) is 7.14. The Morgan fingerprint density at radius 3 is 2.72 bits per heavy atom. The van der Waals surface area contributed by atoms with Gasteiger partial charge in [0.15, 0.2) is 12.2 Å². The minimum absolute atomic E-state index is 0.0541. The molecule has 130 valence electrons. The second-order valence-corrected chi connectivity index (χ2v) is 6.49. The number of carbonyl (C=O) groups is 2. The first kappa shape index (κ1) is 15.8. The maximum absolute atomic E-state index is 12.9. The van der Waals surface area contributed by atoms with E-state index in [4.69, 9.17) is 9.15 Å². The molecule has 25 heavy (non-hydrogen) atoms. The number of carbonyl (C=O) groups excluding carboxylic acids is 2. The van der Waals surface area contributed by atoms with E-state index in [1.807, 2.05) is 12.1 Å². The lowest BCUT2D eigenvalue weighted by Crippen LogP contribution is -2.45. The topological polar surface area (TPSA) is 75.9 Å². The van der Waals surface area contributed by atoms with E-state index in [-0.39, 0.29) is 23.8 Å². The van der Waals surface area contributed by atoms with Gasteiger partial charge < -0.3 is 19.0 Å². The highest BCUT2D eigenvalue weighted by atomic mass is 16.5. The first-order valence-corrected chi connectivity index (χ1v) is 8.26. The highest BCUT2D eigenvalue weighted by molar-refractivity contribution is 5.95. The molecule has 7 heteroatoms. The molecule has 0 unspecified atom stereocenters. The van der Waals surface area contributed by atoms with E-state index < -0.39 is 0 Å². The van der Waals surface area contributed by atoms with Gasteiger partial charge in [-0.2, -0.15) is 0 Å². The molecule has 1 aromatic heterocycles. The molecule has 0 spiro atoms. The SMILES string of the molecule is CN1C(=O)[C@H]2COC[C@@H]1CN(C(=O)c1ccc(-c3cnco3)cc1)C2. The van der Waals surface area contributed by atoms with Gasteiger partial charge in [0.2, 0.25) is 5.91 Å². The fourth-order valence-corrected chi connectivity index (χ4v) is 3.38. The number of hydrogen-bond acceptors (Lipinski definition) is 5. The Labute approximate surface area is 145 Å². The Bertz CT molecular complexity index is 772. The first-order chi connectivity index (χ1) is 12.1. The summed E-state index contributed by atoms with van der Waals surface area (Å²) in [4.78, 5) is 32.7. The minimum atomic E-state index is -0.296. The Morgan fingerprint density at radius 2 is 2.00 bits per heavy atom. The van der Waals surface area contributed by atoms with Crippen LogP contribution in [0.2, 0.25) is 0 Å². The summed E-state index contributed by atoms with van der Waals surface area (Å²) >= 11 is 0. The molecule has 2 aliphatic heterocycles. The number of ether oxygens (including phenoxy) is 1. The van der Waals surface area contributed by atoms with Crippen molar-refractivity contribution in [1.29, 1.82) is 0 Å². The molecule has 0 radical (unpaired) electrons. The predicted octanol–water partition coefficient (Wildman–Crippen LogP) is 1.27. The Hall–Kier alpha value is -2.67. The molecule has 2 aromatic rings. The second-order valence-electron chi connectivity index (χ2n) is 6.49. The normalized spacial score (nSPS) is 23.5. The number of rotatable bonds is 2. The van der Waals surface area contributed by atoms with Crippen molar-refractivity contribution in [3.8, 4) is 11.3 Å². The molecule has 0 aliphatic carbocycles. The molecular formula is C18H19N3O4. The summed E-state index contributed by atoms with van der Waals surface area (Å²) < 4.78 is 10.8. The van der Waals surface area contributed by atoms with Gasteiger partial charge in [-0.1, -0.05) is 12.1 Å². The van der Waals surface area contributed by atoms with E-state index in [0.29, 0.717) is 37.6 Å². The van der Waals surface area contributed by atoms with E-state index in [1.165, 1.54) is 6.39 Å². The summed E-state index contributed by atoms with van der Waals surface area (Å²) in [6.45, 7) is 1.71. The molecule has 2 atom stereocenters. The van der Waals surface area contributed by atoms with Crippen LogP contribution < -0.4 is 0 Å². The van der Waals surface area contributed by atoms with Gasteiger partial charge in [0, 0.05) is 31.3 Å². The van der Waals surface area contributed by atoms with Crippen LogP contribution in [0.3, 0.4) is 0 Å². The lowest BCUT2D eigenvalue weighted by atomic mass is 10.1. The number of hydrogen-bond donors (Lipinski definition) is 0. The van der Waals surface area contributed by atoms with Crippen molar-refractivity contribution in [2.24, 2.45) is 5.92 Å². The number of amides is 2. The molecule has 7 nitrogen and oxygen atoms in total. The zero-order chi connectivity index (χ0) is 17.4. The van der Waals surface area contributed by atoms with E-state index in [9.17, 15) is 9.59 Å². The molecule has 1 aromatic carbocycles. The molecule has 2 amide bonds. The van der Waals surface area contributed by atoms with Crippen LogP contribution in [0.25, 0.3) is 11.3 Å². The number of fused-ring (bicyclic) bond motifs is 3. The molecule has 2 aliphatic rings. The molecular weight excluding hydrogens is 322 g/mol. The van der Waals surface area contributed by atoms with Crippen LogP contribution in [0.5, 0.6) is 0 Å². The number of benzene rings is 1. The van der Waals surface area contributed by atoms with Gasteiger partial charge in [-0.3, -0.25) is 9.59 Å². The number of aromatic nitrogens is 1. The monoisotopic (exact) mass is 341 g/mol. The Balaban J connectivity index is 1.55. The van der Waals surface area contributed by atoms with Crippen LogP contribution in [0.15, 0.2) is 41.3 Å². The van der Waals surface area contributed by atoms with Gasteiger partial charge in [0.25, 0.3) is 5.91 Å². The lowest BCUT2D eigenvalue weighted by Gasteiger charge is -2.29. The van der Waals surface area contributed by atoms with Gasteiger partial charge in [0.1, 0.15) is 0 Å². The smallest absolute Gasteiger partial charge is 0.253 e. The van der Waals surface area contributed by atoms with Gasteiger partial charge in [-0.05, 0) is 12.1 Å². The number of oxazole rings is 1. The highest BCUT2D eigenvalue weighted by Crippen LogP contribution is 2.23. The van der Waals surface area contributed by atoms with Crippen LogP contribution in [-0.4, -0.2) is 66.0 Å². The molecule has 0 N–H and O–H groups in total. The van der Waals surface area contributed by atoms with Crippen LogP contribution >= 0.6 is 0 Å². The first-order valence-electron chi connectivity index (χ1n) is 8.26. The van der Waals surface area contributed by atoms with Gasteiger partial charge in [0.05, 0.1) is 31.4 Å². The Kier molecular flexibility index (Phi) is 4.01. The van der Waals surface area contributed by atoms with E-state index in [1.54, 1.807) is 35.2 Å². The summed E-state index contributed by atoms with van der Waals surface area (Å²) in [5.41, 5.74) is 1.46. The zero-order valence-electron chi connectivity index (χ0n) is 13.9. The third-order valence-corrected chi connectivity index (χ3v) is 4.88. The third kappa shape index (κ3) is 2.91. The van der Waals surface area contributed by atoms with E-state index in [2.05, 4.69) is 4.98 Å². The third-order valence-electron chi connectivity index (χ3n) is 4.88. The average Bonchev–Trinajstić information content (AvgIpc) is 3.08. The summed E-state index contributed by atoms with van der Waals surface area (Å²) in [7, 11) is 1.79. The van der Waals surface area contributed by atoms with E-state index in [0.717, 1.165) is 5.56 Å².